The lowest BCUT2D eigenvalue weighted by Crippen LogP contribution is -2.11. The quantitative estimate of drug-likeness (QED) is 0.156. The second-order valence-electron chi connectivity index (χ2n) is 16.4. The molecule has 0 aliphatic carbocycles. The largest absolute Gasteiger partial charge is 0.456 e. The van der Waals surface area contributed by atoms with Crippen molar-refractivity contribution in [1.29, 1.82) is 0 Å². The van der Waals surface area contributed by atoms with Gasteiger partial charge in [-0.1, -0.05) is 164 Å². The van der Waals surface area contributed by atoms with Crippen molar-refractivity contribution in [3.63, 3.8) is 0 Å². The van der Waals surface area contributed by atoms with E-state index in [9.17, 15) is 0 Å². The Morgan fingerprint density at radius 3 is 1.56 bits per heavy atom. The van der Waals surface area contributed by atoms with Gasteiger partial charge in [-0.25, -0.2) is 0 Å². The molecule has 0 unspecified atom stereocenters. The molecule has 0 aliphatic rings. The molecule has 63 heavy (non-hydrogen) atoms. The number of rotatable bonds is 6. The van der Waals surface area contributed by atoms with Gasteiger partial charge in [0.1, 0.15) is 11.2 Å². The monoisotopic (exact) mass is 802 g/mol. The number of furan rings is 1. The van der Waals surface area contributed by atoms with E-state index in [1.807, 2.05) is 6.07 Å². The van der Waals surface area contributed by atoms with E-state index >= 15 is 0 Å². The maximum absolute atomic E-state index is 6.42. The highest BCUT2D eigenvalue weighted by Crippen LogP contribution is 2.47. The minimum absolute atomic E-state index is 0.881. The first-order valence-corrected chi connectivity index (χ1v) is 21.6. The lowest BCUT2D eigenvalue weighted by molar-refractivity contribution is 0.669. The van der Waals surface area contributed by atoms with Crippen molar-refractivity contribution in [3.8, 4) is 27.9 Å². The zero-order chi connectivity index (χ0) is 41.4. The van der Waals surface area contributed by atoms with Crippen molar-refractivity contribution >= 4 is 93.1 Å². The van der Waals surface area contributed by atoms with Gasteiger partial charge < -0.3 is 13.9 Å². The molecule has 13 aromatic rings. The molecule has 11 aromatic carbocycles. The lowest BCUT2D eigenvalue weighted by atomic mass is 9.93. The van der Waals surface area contributed by atoms with Gasteiger partial charge in [0.2, 0.25) is 0 Å². The first kappa shape index (κ1) is 35.4. The number of fused-ring (bicyclic) bond motifs is 12. The summed E-state index contributed by atoms with van der Waals surface area (Å²) >= 11 is 0. The van der Waals surface area contributed by atoms with Gasteiger partial charge >= 0.3 is 0 Å². The average molecular weight is 803 g/mol. The van der Waals surface area contributed by atoms with Gasteiger partial charge in [-0.15, -0.1) is 0 Å². The molecular weight excluding hydrogens is 765 g/mol. The molecule has 294 valence electrons. The van der Waals surface area contributed by atoms with E-state index in [1.165, 1.54) is 54.1 Å². The summed E-state index contributed by atoms with van der Waals surface area (Å²) in [6.07, 6.45) is 0. The van der Waals surface area contributed by atoms with Gasteiger partial charge in [-0.3, -0.25) is 0 Å². The van der Waals surface area contributed by atoms with Crippen molar-refractivity contribution in [2.24, 2.45) is 0 Å². The van der Waals surface area contributed by atoms with Crippen LogP contribution in [0, 0.1) is 0 Å². The summed E-state index contributed by atoms with van der Waals surface area (Å²) in [6, 6.07) is 83.5. The third-order valence-electron chi connectivity index (χ3n) is 13.0. The molecule has 3 nitrogen and oxygen atoms in total. The number of anilines is 3. The topological polar surface area (TPSA) is 21.3 Å². The predicted octanol–water partition coefficient (Wildman–Crippen LogP) is 16.9. The Morgan fingerprint density at radius 1 is 0.317 bits per heavy atom. The van der Waals surface area contributed by atoms with Crippen LogP contribution in [0.4, 0.5) is 17.1 Å². The molecule has 0 radical (unpaired) electrons. The standard InChI is InChI=1S/C60H38N2O/c1-2-19-46-44(17-1)45-18-3-4-20-47(45)54-38-43(35-36-48(46)54)61(55-26-9-7-23-51(55)52-25-14-30-59-60(52)53-24-8-12-29-58(53)63-59)41-33-31-39(32-34-41)40-15-13-16-42(37-40)62-56-27-10-5-21-49(56)50-22-6-11-28-57(50)62/h1-38H. The first-order valence-electron chi connectivity index (χ1n) is 21.6. The summed E-state index contributed by atoms with van der Waals surface area (Å²) in [5, 5.41) is 12.3. The Balaban J connectivity index is 1.00. The van der Waals surface area contributed by atoms with Crippen LogP contribution in [0.5, 0.6) is 0 Å². The van der Waals surface area contributed by atoms with E-state index in [2.05, 4.69) is 234 Å². The Morgan fingerprint density at radius 2 is 0.841 bits per heavy atom. The number of para-hydroxylation sites is 4. The van der Waals surface area contributed by atoms with E-state index in [1.54, 1.807) is 0 Å². The molecule has 0 saturated carbocycles. The number of benzene rings is 11. The average Bonchev–Trinajstić information content (AvgIpc) is 3.91. The number of aromatic nitrogens is 1. The molecule has 0 atom stereocenters. The highest BCUT2D eigenvalue weighted by Gasteiger charge is 2.22. The Kier molecular flexibility index (Phi) is 7.91. The minimum Gasteiger partial charge on any atom is -0.456 e. The van der Waals surface area contributed by atoms with Crippen molar-refractivity contribution in [1.82, 2.24) is 4.57 Å². The molecular formula is C60H38N2O. The summed E-state index contributed by atoms with van der Waals surface area (Å²) in [6.45, 7) is 0. The molecule has 0 amide bonds. The molecule has 0 aliphatic heterocycles. The SMILES string of the molecule is c1cc(-c2ccc(N(c3ccc4c5ccccc5c5ccccc5c4c3)c3ccccc3-c3cccc4oc5ccccc5c34)cc2)cc(-n2c3ccccc3c3ccccc32)c1. The fourth-order valence-electron chi connectivity index (χ4n) is 10.2. The molecule has 0 fully saturated rings. The maximum atomic E-state index is 6.42. The summed E-state index contributed by atoms with van der Waals surface area (Å²) in [5.74, 6) is 0. The predicted molar refractivity (Wildman–Crippen MR) is 266 cm³/mol. The van der Waals surface area contributed by atoms with Gasteiger partial charge in [0.05, 0.1) is 16.7 Å². The smallest absolute Gasteiger partial charge is 0.136 e. The highest BCUT2D eigenvalue weighted by atomic mass is 16.3. The van der Waals surface area contributed by atoms with Crippen LogP contribution < -0.4 is 4.90 Å². The Hall–Kier alpha value is -8.40. The molecule has 0 spiro atoms. The minimum atomic E-state index is 0.881. The van der Waals surface area contributed by atoms with Crippen LogP contribution in [-0.2, 0) is 0 Å². The van der Waals surface area contributed by atoms with Crippen molar-refractivity contribution in [2.45, 2.75) is 0 Å². The normalized spacial score (nSPS) is 11.8. The maximum Gasteiger partial charge on any atom is 0.136 e. The second-order valence-corrected chi connectivity index (χ2v) is 16.4. The first-order chi connectivity index (χ1) is 31.3. The van der Waals surface area contributed by atoms with E-state index in [4.69, 9.17) is 4.42 Å². The van der Waals surface area contributed by atoms with Crippen LogP contribution in [0.15, 0.2) is 235 Å². The Labute approximate surface area is 363 Å². The van der Waals surface area contributed by atoms with E-state index in [0.29, 0.717) is 0 Å². The summed E-state index contributed by atoms with van der Waals surface area (Å²) < 4.78 is 8.81. The molecule has 2 heterocycles. The van der Waals surface area contributed by atoms with Crippen LogP contribution in [0.3, 0.4) is 0 Å². The van der Waals surface area contributed by atoms with Crippen molar-refractivity contribution in [2.75, 3.05) is 4.90 Å². The summed E-state index contributed by atoms with van der Waals surface area (Å²) in [4.78, 5) is 2.43. The number of hydrogen-bond acceptors (Lipinski definition) is 2. The molecule has 13 rings (SSSR count). The van der Waals surface area contributed by atoms with Gasteiger partial charge in [0.15, 0.2) is 0 Å². The van der Waals surface area contributed by atoms with E-state index in [0.717, 1.165) is 66.9 Å². The lowest BCUT2D eigenvalue weighted by Gasteiger charge is -2.29. The van der Waals surface area contributed by atoms with Gasteiger partial charge in [-0.05, 0) is 116 Å². The van der Waals surface area contributed by atoms with Crippen LogP contribution in [0.1, 0.15) is 0 Å². The van der Waals surface area contributed by atoms with Crippen LogP contribution in [0.25, 0.3) is 104 Å². The zero-order valence-electron chi connectivity index (χ0n) is 34.2. The van der Waals surface area contributed by atoms with Gasteiger partial charge in [-0.2, -0.15) is 0 Å². The van der Waals surface area contributed by atoms with Gasteiger partial charge in [0, 0.05) is 44.2 Å². The molecule has 2 aromatic heterocycles. The fourth-order valence-corrected chi connectivity index (χ4v) is 10.2. The van der Waals surface area contributed by atoms with Crippen LogP contribution in [-0.4, -0.2) is 4.57 Å². The van der Waals surface area contributed by atoms with Crippen molar-refractivity contribution < 1.29 is 4.42 Å². The van der Waals surface area contributed by atoms with Gasteiger partial charge in [0.25, 0.3) is 0 Å². The molecule has 0 N–H and O–H groups in total. The summed E-state index contributed by atoms with van der Waals surface area (Å²) in [7, 11) is 0. The number of hydrogen-bond donors (Lipinski definition) is 0. The number of nitrogens with zero attached hydrogens (tertiary/aromatic N) is 2. The zero-order valence-corrected chi connectivity index (χ0v) is 34.2. The third kappa shape index (κ3) is 5.53. The molecule has 0 bridgehead atoms. The van der Waals surface area contributed by atoms with E-state index < -0.39 is 0 Å². The van der Waals surface area contributed by atoms with E-state index in [-0.39, 0.29) is 0 Å². The summed E-state index contributed by atoms with van der Waals surface area (Å²) in [5.41, 5.74) is 13.1. The molecule has 0 saturated heterocycles. The second kappa shape index (κ2) is 14.1. The molecule has 3 heteroatoms. The Bertz CT molecular complexity index is 3840. The third-order valence-corrected chi connectivity index (χ3v) is 13.0. The van der Waals surface area contributed by atoms with Crippen molar-refractivity contribution in [3.05, 3.63) is 231 Å². The fraction of sp³-hybridized carbons (Fsp3) is 0. The highest BCUT2D eigenvalue weighted by molar-refractivity contribution is 6.26. The van der Waals surface area contributed by atoms with Crippen LogP contribution >= 0.6 is 0 Å². The van der Waals surface area contributed by atoms with Crippen LogP contribution in [0.2, 0.25) is 0 Å².